The number of nitrogens with one attached hydrogen (secondary N) is 2. The maximum Gasteiger partial charge on any atom is 0.145 e. The minimum absolute atomic E-state index is 0.587. The van der Waals surface area contributed by atoms with Crippen molar-refractivity contribution in [2.75, 3.05) is 29.3 Å². The molecule has 0 aliphatic rings. The third-order valence-electron chi connectivity index (χ3n) is 2.09. The number of anilines is 2. The molecule has 4 N–H and O–H groups in total. The summed E-state index contributed by atoms with van der Waals surface area (Å²) in [4.78, 5) is 8.59. The highest BCUT2D eigenvalue weighted by molar-refractivity contribution is 7.84. The van der Waals surface area contributed by atoms with Crippen molar-refractivity contribution in [3.05, 3.63) is 11.9 Å². The molecular formula is C10H19N5OS. The summed E-state index contributed by atoms with van der Waals surface area (Å²) in [7, 11) is -0.801. The fourth-order valence-electron chi connectivity index (χ4n) is 1.32. The summed E-state index contributed by atoms with van der Waals surface area (Å²) in [5.74, 6) is 7.99. The first kappa shape index (κ1) is 13.9. The molecule has 0 bridgehead atoms. The molecule has 0 amide bonds. The number of hydrogen-bond donors (Lipinski definition) is 3. The van der Waals surface area contributed by atoms with E-state index < -0.39 is 10.8 Å². The summed E-state index contributed by atoms with van der Waals surface area (Å²) in [6.45, 7) is 2.69. The van der Waals surface area contributed by atoms with Gasteiger partial charge >= 0.3 is 0 Å². The van der Waals surface area contributed by atoms with Crippen LogP contribution in [-0.4, -0.2) is 32.7 Å². The predicted molar refractivity (Wildman–Crippen MR) is 71.3 cm³/mol. The van der Waals surface area contributed by atoms with Crippen LogP contribution in [0.4, 0.5) is 11.6 Å². The summed E-state index contributed by atoms with van der Waals surface area (Å²) in [5.41, 5.74) is 2.51. The van der Waals surface area contributed by atoms with Crippen LogP contribution in [-0.2, 0) is 17.2 Å². The Morgan fingerprint density at radius 1 is 1.41 bits per heavy atom. The van der Waals surface area contributed by atoms with Crippen LogP contribution in [0.5, 0.6) is 0 Å². The molecule has 1 heterocycles. The molecular weight excluding hydrogens is 238 g/mol. The molecule has 1 unspecified atom stereocenters. The van der Waals surface area contributed by atoms with Crippen molar-refractivity contribution in [2.45, 2.75) is 19.8 Å². The van der Waals surface area contributed by atoms with Crippen molar-refractivity contribution in [2.24, 2.45) is 5.84 Å². The first-order valence-electron chi connectivity index (χ1n) is 5.54. The SMILES string of the molecule is CCCc1nc(NN)cc(NCCS(C)=O)n1. The number of hydrazine groups is 1. The first-order chi connectivity index (χ1) is 8.15. The average Bonchev–Trinajstić information content (AvgIpc) is 2.28. The van der Waals surface area contributed by atoms with Crippen LogP contribution < -0.4 is 16.6 Å². The van der Waals surface area contributed by atoms with Crippen molar-refractivity contribution in [1.82, 2.24) is 9.97 Å². The molecule has 0 fully saturated rings. The molecule has 1 aromatic rings. The lowest BCUT2D eigenvalue weighted by Crippen LogP contribution is -2.14. The molecule has 0 saturated carbocycles. The van der Waals surface area contributed by atoms with Gasteiger partial charge in [-0.25, -0.2) is 15.8 Å². The van der Waals surface area contributed by atoms with E-state index in [4.69, 9.17) is 5.84 Å². The van der Waals surface area contributed by atoms with Crippen molar-refractivity contribution < 1.29 is 4.21 Å². The second kappa shape index (κ2) is 7.18. The number of nitrogens with zero attached hydrogens (tertiary/aromatic N) is 2. The third-order valence-corrected chi connectivity index (χ3v) is 2.87. The van der Waals surface area contributed by atoms with Crippen molar-refractivity contribution >= 4 is 22.4 Å². The third kappa shape index (κ3) is 5.10. The van der Waals surface area contributed by atoms with E-state index in [9.17, 15) is 4.21 Å². The topological polar surface area (TPSA) is 92.9 Å². The van der Waals surface area contributed by atoms with E-state index in [2.05, 4.69) is 27.6 Å². The number of hydrogen-bond acceptors (Lipinski definition) is 6. The molecule has 1 atom stereocenters. The zero-order valence-electron chi connectivity index (χ0n) is 10.2. The molecule has 7 heteroatoms. The Labute approximate surface area is 104 Å². The highest BCUT2D eigenvalue weighted by Crippen LogP contribution is 2.11. The number of aromatic nitrogens is 2. The Hall–Kier alpha value is -1.21. The van der Waals surface area contributed by atoms with Crippen molar-refractivity contribution in [3.63, 3.8) is 0 Å². The summed E-state index contributed by atoms with van der Waals surface area (Å²) in [5, 5.41) is 3.11. The lowest BCUT2D eigenvalue weighted by Gasteiger charge is -2.08. The lowest BCUT2D eigenvalue weighted by atomic mass is 10.3. The molecule has 0 aliphatic heterocycles. The fraction of sp³-hybridized carbons (Fsp3) is 0.600. The van der Waals surface area contributed by atoms with Crippen molar-refractivity contribution in [3.8, 4) is 0 Å². The van der Waals surface area contributed by atoms with Crippen LogP contribution in [0.2, 0.25) is 0 Å². The number of aryl methyl sites for hydroxylation is 1. The maximum absolute atomic E-state index is 10.9. The lowest BCUT2D eigenvalue weighted by molar-refractivity contribution is 0.687. The van der Waals surface area contributed by atoms with E-state index in [0.717, 1.165) is 18.7 Å². The summed E-state index contributed by atoms with van der Waals surface area (Å²) in [6.07, 6.45) is 3.47. The van der Waals surface area contributed by atoms with Gasteiger partial charge in [0.25, 0.3) is 0 Å². The highest BCUT2D eigenvalue weighted by atomic mass is 32.2. The van der Waals surface area contributed by atoms with E-state index in [1.807, 2.05) is 0 Å². The van der Waals surface area contributed by atoms with Crippen LogP contribution in [0.15, 0.2) is 6.07 Å². The van der Waals surface area contributed by atoms with Crippen LogP contribution in [0.3, 0.4) is 0 Å². The Kier molecular flexibility index (Phi) is 5.85. The van der Waals surface area contributed by atoms with Gasteiger partial charge in [-0.05, 0) is 6.42 Å². The molecule has 0 aliphatic carbocycles. The van der Waals surface area contributed by atoms with Gasteiger partial charge in [-0.2, -0.15) is 0 Å². The number of nitrogen functional groups attached to an aromatic ring is 1. The Balaban J connectivity index is 2.69. The molecule has 17 heavy (non-hydrogen) atoms. The minimum atomic E-state index is -0.801. The number of rotatable bonds is 7. The van der Waals surface area contributed by atoms with Crippen LogP contribution in [0.25, 0.3) is 0 Å². The van der Waals surface area contributed by atoms with Gasteiger partial charge in [-0.3, -0.25) is 4.21 Å². The van der Waals surface area contributed by atoms with Crippen molar-refractivity contribution in [1.29, 1.82) is 0 Å². The summed E-state index contributed by atoms with van der Waals surface area (Å²) >= 11 is 0. The minimum Gasteiger partial charge on any atom is -0.369 e. The van der Waals surface area contributed by atoms with E-state index in [0.29, 0.717) is 23.9 Å². The standard InChI is InChI=1S/C10H19N5OS/c1-3-4-8-13-9(7-10(14-8)15-11)12-5-6-17(2)16/h7H,3-6,11H2,1-2H3,(H2,12,13,14,15). The molecule has 0 radical (unpaired) electrons. The zero-order valence-corrected chi connectivity index (χ0v) is 11.0. The number of nitrogens with two attached hydrogens (primary N) is 1. The Bertz CT molecular complexity index is 385. The normalized spacial score (nSPS) is 12.2. The predicted octanol–water partition coefficient (Wildman–Crippen LogP) is 0.505. The average molecular weight is 257 g/mol. The Morgan fingerprint density at radius 3 is 2.71 bits per heavy atom. The van der Waals surface area contributed by atoms with Gasteiger partial charge in [0.2, 0.25) is 0 Å². The molecule has 0 saturated heterocycles. The van der Waals surface area contributed by atoms with E-state index >= 15 is 0 Å². The zero-order chi connectivity index (χ0) is 12.7. The van der Waals surface area contributed by atoms with Gasteiger partial charge in [-0.1, -0.05) is 6.92 Å². The van der Waals surface area contributed by atoms with E-state index in [1.165, 1.54) is 0 Å². The quantitative estimate of drug-likeness (QED) is 0.487. The van der Waals surface area contributed by atoms with Crippen LogP contribution in [0, 0.1) is 0 Å². The van der Waals surface area contributed by atoms with Gasteiger partial charge in [0.05, 0.1) is 0 Å². The highest BCUT2D eigenvalue weighted by Gasteiger charge is 2.03. The van der Waals surface area contributed by atoms with E-state index in [-0.39, 0.29) is 0 Å². The van der Waals surface area contributed by atoms with Crippen LogP contribution in [0.1, 0.15) is 19.2 Å². The molecule has 0 spiro atoms. The van der Waals surface area contributed by atoms with Gasteiger partial charge in [0.15, 0.2) is 0 Å². The monoisotopic (exact) mass is 257 g/mol. The van der Waals surface area contributed by atoms with Crippen LogP contribution >= 0.6 is 0 Å². The second-order valence-electron chi connectivity index (χ2n) is 3.65. The van der Waals surface area contributed by atoms with Gasteiger partial charge in [-0.15, -0.1) is 0 Å². The molecule has 96 valence electrons. The maximum atomic E-state index is 10.9. The largest absolute Gasteiger partial charge is 0.369 e. The fourth-order valence-corrected chi connectivity index (χ4v) is 1.71. The summed E-state index contributed by atoms with van der Waals surface area (Å²) in [6, 6.07) is 1.73. The Morgan fingerprint density at radius 2 is 2.12 bits per heavy atom. The van der Waals surface area contributed by atoms with E-state index in [1.54, 1.807) is 12.3 Å². The van der Waals surface area contributed by atoms with Gasteiger partial charge in [0, 0.05) is 41.8 Å². The second-order valence-corrected chi connectivity index (χ2v) is 5.21. The smallest absolute Gasteiger partial charge is 0.145 e. The first-order valence-corrected chi connectivity index (χ1v) is 7.27. The molecule has 1 rings (SSSR count). The van der Waals surface area contributed by atoms with Gasteiger partial charge < -0.3 is 10.7 Å². The summed E-state index contributed by atoms with van der Waals surface area (Å²) < 4.78 is 10.9. The molecule has 6 nitrogen and oxygen atoms in total. The molecule has 0 aromatic carbocycles. The molecule has 1 aromatic heterocycles. The van der Waals surface area contributed by atoms with Gasteiger partial charge in [0.1, 0.15) is 17.5 Å².